The Balaban J connectivity index is 2.68. The summed E-state index contributed by atoms with van der Waals surface area (Å²) in [6.45, 7) is 1.65. The van der Waals surface area contributed by atoms with Crippen LogP contribution in [0.2, 0.25) is 5.02 Å². The van der Waals surface area contributed by atoms with Gasteiger partial charge in [-0.05, 0) is 25.1 Å². The molecule has 0 fully saturated rings. The standard InChI is InChI=1S/C11H9ClF3N3/c1-6-5-18(10(16)17-6)9-3-2-7(12)4-8(9)11(13,14)15/h2-5H,1H3,(H2,16,17). The SMILES string of the molecule is Cc1cn(-c2ccc(Cl)cc2C(F)(F)F)c(N)n1. The minimum atomic E-state index is -4.51. The van der Waals surface area contributed by atoms with Crippen LogP contribution in [0.5, 0.6) is 0 Å². The molecule has 0 unspecified atom stereocenters. The Morgan fingerprint density at radius 1 is 1.33 bits per heavy atom. The van der Waals surface area contributed by atoms with Crippen molar-refractivity contribution in [2.45, 2.75) is 13.1 Å². The molecule has 1 aromatic carbocycles. The summed E-state index contributed by atoms with van der Waals surface area (Å²) in [4.78, 5) is 3.87. The molecular weight excluding hydrogens is 267 g/mol. The van der Waals surface area contributed by atoms with Crippen molar-refractivity contribution in [3.05, 3.63) is 40.7 Å². The van der Waals surface area contributed by atoms with Crippen LogP contribution < -0.4 is 5.73 Å². The van der Waals surface area contributed by atoms with Gasteiger partial charge in [-0.3, -0.25) is 4.57 Å². The summed E-state index contributed by atoms with van der Waals surface area (Å²) < 4.78 is 39.9. The maximum Gasteiger partial charge on any atom is 0.418 e. The first kappa shape index (κ1) is 12.8. The maximum atomic E-state index is 12.9. The number of halogens is 4. The molecule has 0 saturated heterocycles. The van der Waals surface area contributed by atoms with E-state index in [0.29, 0.717) is 5.69 Å². The van der Waals surface area contributed by atoms with Gasteiger partial charge in [0.2, 0.25) is 5.95 Å². The minimum absolute atomic E-state index is 0.000299. The van der Waals surface area contributed by atoms with Gasteiger partial charge in [-0.2, -0.15) is 13.2 Å². The molecule has 0 aliphatic rings. The number of nitrogens with zero attached hydrogens (tertiary/aromatic N) is 2. The van der Waals surface area contributed by atoms with Gasteiger partial charge < -0.3 is 5.73 Å². The van der Waals surface area contributed by atoms with Crippen LogP contribution in [-0.2, 0) is 6.18 Å². The Kier molecular flexibility index (Phi) is 2.98. The zero-order valence-electron chi connectivity index (χ0n) is 9.29. The predicted molar refractivity (Wildman–Crippen MR) is 62.7 cm³/mol. The lowest BCUT2D eigenvalue weighted by Gasteiger charge is -2.14. The van der Waals surface area contributed by atoms with Crippen LogP contribution >= 0.6 is 11.6 Å². The molecule has 1 aromatic heterocycles. The molecule has 3 nitrogen and oxygen atoms in total. The van der Waals surface area contributed by atoms with Crippen molar-refractivity contribution in [1.29, 1.82) is 0 Å². The third-order valence-corrected chi connectivity index (χ3v) is 2.61. The zero-order chi connectivity index (χ0) is 13.5. The average molecular weight is 276 g/mol. The molecule has 2 N–H and O–H groups in total. The first-order valence-electron chi connectivity index (χ1n) is 4.97. The van der Waals surface area contributed by atoms with Gasteiger partial charge in [0.15, 0.2) is 0 Å². The number of hydrogen-bond acceptors (Lipinski definition) is 2. The Bertz CT molecular complexity index is 590. The number of hydrogen-bond donors (Lipinski definition) is 1. The molecule has 0 aliphatic heterocycles. The molecule has 1 heterocycles. The van der Waals surface area contributed by atoms with Crippen molar-refractivity contribution in [1.82, 2.24) is 9.55 Å². The van der Waals surface area contributed by atoms with Crippen LogP contribution in [0.1, 0.15) is 11.3 Å². The number of anilines is 1. The van der Waals surface area contributed by atoms with E-state index >= 15 is 0 Å². The quantitative estimate of drug-likeness (QED) is 0.866. The van der Waals surface area contributed by atoms with Gasteiger partial charge >= 0.3 is 6.18 Å². The lowest BCUT2D eigenvalue weighted by Crippen LogP contribution is -2.11. The number of aromatic nitrogens is 2. The number of aryl methyl sites for hydroxylation is 1. The third-order valence-electron chi connectivity index (χ3n) is 2.38. The van der Waals surface area contributed by atoms with E-state index in [1.807, 2.05) is 0 Å². The highest BCUT2D eigenvalue weighted by atomic mass is 35.5. The van der Waals surface area contributed by atoms with E-state index in [4.69, 9.17) is 17.3 Å². The number of nitrogens with two attached hydrogens (primary N) is 1. The van der Waals surface area contributed by atoms with Gasteiger partial charge in [-0.25, -0.2) is 4.98 Å². The number of alkyl halides is 3. The van der Waals surface area contributed by atoms with Crippen LogP contribution in [0.4, 0.5) is 19.1 Å². The van der Waals surface area contributed by atoms with Crippen molar-refractivity contribution in [2.24, 2.45) is 0 Å². The highest BCUT2D eigenvalue weighted by molar-refractivity contribution is 6.30. The molecule has 96 valence electrons. The number of benzene rings is 1. The molecule has 7 heteroatoms. The molecule has 18 heavy (non-hydrogen) atoms. The van der Waals surface area contributed by atoms with Crippen molar-refractivity contribution in [3.63, 3.8) is 0 Å². The molecule has 0 spiro atoms. The summed E-state index contributed by atoms with van der Waals surface area (Å²) in [7, 11) is 0. The summed E-state index contributed by atoms with van der Waals surface area (Å²) >= 11 is 5.60. The maximum absolute atomic E-state index is 12.9. The minimum Gasteiger partial charge on any atom is -0.369 e. The molecule has 0 amide bonds. The fourth-order valence-electron chi connectivity index (χ4n) is 1.65. The van der Waals surface area contributed by atoms with Gasteiger partial charge in [-0.1, -0.05) is 11.6 Å². The monoisotopic (exact) mass is 275 g/mol. The van der Waals surface area contributed by atoms with Gasteiger partial charge in [0.05, 0.1) is 16.9 Å². The molecule has 0 bridgehead atoms. The second-order valence-corrected chi connectivity index (χ2v) is 4.21. The number of rotatable bonds is 1. The van der Waals surface area contributed by atoms with Gasteiger partial charge in [0, 0.05) is 11.2 Å². The average Bonchev–Trinajstić information content (AvgIpc) is 2.56. The van der Waals surface area contributed by atoms with Crippen LogP contribution in [0.15, 0.2) is 24.4 Å². The first-order valence-corrected chi connectivity index (χ1v) is 5.35. The van der Waals surface area contributed by atoms with E-state index in [1.54, 1.807) is 6.92 Å². The van der Waals surface area contributed by atoms with Crippen LogP contribution in [0.3, 0.4) is 0 Å². The van der Waals surface area contributed by atoms with E-state index in [2.05, 4.69) is 4.98 Å². The van der Waals surface area contributed by atoms with Crippen LogP contribution in [-0.4, -0.2) is 9.55 Å². The van der Waals surface area contributed by atoms with Gasteiger partial charge in [-0.15, -0.1) is 0 Å². The van der Waals surface area contributed by atoms with E-state index in [0.717, 1.165) is 6.07 Å². The Morgan fingerprint density at radius 3 is 2.50 bits per heavy atom. The lowest BCUT2D eigenvalue weighted by molar-refractivity contribution is -0.137. The van der Waals surface area contributed by atoms with Crippen molar-refractivity contribution in [2.75, 3.05) is 5.73 Å². The van der Waals surface area contributed by atoms with Crippen molar-refractivity contribution < 1.29 is 13.2 Å². The predicted octanol–water partition coefficient (Wildman–Crippen LogP) is 3.44. The molecule has 2 rings (SSSR count). The molecule has 0 saturated carbocycles. The number of imidazole rings is 1. The summed E-state index contributed by atoms with van der Waals surface area (Å²) in [6.07, 6.45) is -3.07. The first-order chi connectivity index (χ1) is 8.29. The zero-order valence-corrected chi connectivity index (χ0v) is 10.0. The topological polar surface area (TPSA) is 43.8 Å². The van der Waals surface area contributed by atoms with Gasteiger partial charge in [0.1, 0.15) is 0 Å². The Hall–Kier alpha value is -1.69. The van der Waals surface area contributed by atoms with Crippen LogP contribution in [0.25, 0.3) is 5.69 Å². The van der Waals surface area contributed by atoms with E-state index in [1.165, 1.54) is 22.9 Å². The summed E-state index contributed by atoms with van der Waals surface area (Å²) in [6, 6.07) is 3.51. The normalized spacial score (nSPS) is 11.8. The Labute approximate surface area is 106 Å². The van der Waals surface area contributed by atoms with Gasteiger partial charge in [0.25, 0.3) is 0 Å². The molecular formula is C11H9ClF3N3. The molecule has 0 aliphatic carbocycles. The highest BCUT2D eigenvalue weighted by Crippen LogP contribution is 2.36. The lowest BCUT2D eigenvalue weighted by atomic mass is 10.1. The highest BCUT2D eigenvalue weighted by Gasteiger charge is 2.34. The second kappa shape index (κ2) is 4.20. The summed E-state index contributed by atoms with van der Waals surface area (Å²) in [5, 5.41) is 0.0153. The fourth-order valence-corrected chi connectivity index (χ4v) is 1.83. The molecule has 0 atom stereocenters. The van der Waals surface area contributed by atoms with E-state index < -0.39 is 11.7 Å². The summed E-state index contributed by atoms with van der Waals surface area (Å²) in [5.41, 5.74) is 5.17. The fraction of sp³-hybridized carbons (Fsp3) is 0.182. The second-order valence-electron chi connectivity index (χ2n) is 3.77. The molecule has 2 aromatic rings. The molecule has 0 radical (unpaired) electrons. The van der Waals surface area contributed by atoms with E-state index in [-0.39, 0.29) is 16.7 Å². The number of nitrogen functional groups attached to an aromatic ring is 1. The van der Waals surface area contributed by atoms with Crippen molar-refractivity contribution >= 4 is 17.5 Å². The largest absolute Gasteiger partial charge is 0.418 e. The Morgan fingerprint density at radius 2 is 2.00 bits per heavy atom. The van der Waals surface area contributed by atoms with Crippen molar-refractivity contribution in [3.8, 4) is 5.69 Å². The summed E-state index contributed by atoms with van der Waals surface area (Å²) in [5.74, 6) is 0.000299. The third kappa shape index (κ3) is 2.28. The van der Waals surface area contributed by atoms with Crippen LogP contribution in [0, 0.1) is 6.92 Å². The van der Waals surface area contributed by atoms with E-state index in [9.17, 15) is 13.2 Å². The smallest absolute Gasteiger partial charge is 0.369 e.